The van der Waals surface area contributed by atoms with Crippen molar-refractivity contribution in [2.24, 2.45) is 5.92 Å². The van der Waals surface area contributed by atoms with Crippen molar-refractivity contribution in [3.8, 4) is 0 Å². The fraction of sp³-hybridized carbons (Fsp3) is 0.600. The Balaban J connectivity index is 1.51. The molecule has 148 valence electrons. The van der Waals surface area contributed by atoms with Crippen molar-refractivity contribution in [1.82, 2.24) is 15.5 Å². The molecule has 2 fully saturated rings. The van der Waals surface area contributed by atoms with Gasteiger partial charge in [-0.3, -0.25) is 14.5 Å². The predicted octanol–water partition coefficient (Wildman–Crippen LogP) is 2.86. The van der Waals surface area contributed by atoms with Crippen molar-refractivity contribution in [3.63, 3.8) is 0 Å². The number of carbonyl (C=O) groups excluding carboxylic acids is 2. The molecule has 27 heavy (non-hydrogen) atoms. The van der Waals surface area contributed by atoms with Crippen LogP contribution in [0.15, 0.2) is 18.2 Å². The molecule has 1 saturated heterocycles. The fourth-order valence-electron chi connectivity index (χ4n) is 3.75. The lowest BCUT2D eigenvalue weighted by Gasteiger charge is -2.30. The highest BCUT2D eigenvalue weighted by Crippen LogP contribution is 2.35. The third-order valence-corrected chi connectivity index (χ3v) is 5.71. The number of likely N-dealkylation sites (tertiary alicyclic amines) is 1. The van der Waals surface area contributed by atoms with E-state index in [4.69, 9.17) is 11.6 Å². The van der Waals surface area contributed by atoms with E-state index in [9.17, 15) is 14.0 Å². The van der Waals surface area contributed by atoms with E-state index in [1.54, 1.807) is 6.07 Å². The first-order valence-electron chi connectivity index (χ1n) is 9.63. The van der Waals surface area contributed by atoms with Gasteiger partial charge in [-0.25, -0.2) is 4.39 Å². The highest BCUT2D eigenvalue weighted by Gasteiger charge is 2.37. The minimum absolute atomic E-state index is 0.0126. The molecular weight excluding hydrogens is 369 g/mol. The van der Waals surface area contributed by atoms with Crippen molar-refractivity contribution in [2.75, 3.05) is 13.1 Å². The highest BCUT2D eigenvalue weighted by atomic mass is 35.5. The van der Waals surface area contributed by atoms with Crippen LogP contribution < -0.4 is 10.6 Å². The minimum atomic E-state index is -0.460. The van der Waals surface area contributed by atoms with E-state index in [1.807, 2.05) is 0 Å². The van der Waals surface area contributed by atoms with Crippen molar-refractivity contribution < 1.29 is 14.0 Å². The van der Waals surface area contributed by atoms with Gasteiger partial charge >= 0.3 is 0 Å². The molecule has 0 bridgehead atoms. The van der Waals surface area contributed by atoms with E-state index >= 15 is 0 Å². The summed E-state index contributed by atoms with van der Waals surface area (Å²) in [6.45, 7) is 3.53. The molecule has 7 heteroatoms. The summed E-state index contributed by atoms with van der Waals surface area (Å²) in [4.78, 5) is 26.1. The van der Waals surface area contributed by atoms with Gasteiger partial charge in [0.25, 0.3) is 0 Å². The first kappa shape index (κ1) is 20.1. The first-order chi connectivity index (χ1) is 12.9. The molecule has 0 spiro atoms. The van der Waals surface area contributed by atoms with Crippen LogP contribution in [0.5, 0.6) is 0 Å². The van der Waals surface area contributed by atoms with Crippen LogP contribution in [0.4, 0.5) is 4.39 Å². The lowest BCUT2D eigenvalue weighted by molar-refractivity contribution is -0.122. The molecule has 0 aromatic heterocycles. The van der Waals surface area contributed by atoms with Gasteiger partial charge in [-0.15, -0.1) is 0 Å². The summed E-state index contributed by atoms with van der Waals surface area (Å²) in [6.07, 6.45) is 4.92. The fourth-order valence-corrected chi connectivity index (χ4v) is 3.95. The van der Waals surface area contributed by atoms with E-state index in [2.05, 4.69) is 15.5 Å². The Morgan fingerprint density at radius 3 is 2.59 bits per heavy atom. The van der Waals surface area contributed by atoms with E-state index in [1.165, 1.54) is 31.9 Å². The molecular formula is C20H27ClFN3O2. The monoisotopic (exact) mass is 395 g/mol. The van der Waals surface area contributed by atoms with E-state index in [0.717, 1.165) is 30.9 Å². The Hall–Kier alpha value is -1.66. The van der Waals surface area contributed by atoms with Crippen LogP contribution in [0.1, 0.15) is 44.6 Å². The van der Waals surface area contributed by atoms with Gasteiger partial charge in [-0.2, -0.15) is 0 Å². The van der Waals surface area contributed by atoms with Gasteiger partial charge in [0.1, 0.15) is 5.82 Å². The summed E-state index contributed by atoms with van der Waals surface area (Å²) >= 11 is 5.78. The Labute approximate surface area is 164 Å². The molecule has 1 aromatic carbocycles. The van der Waals surface area contributed by atoms with Gasteiger partial charge in [0.15, 0.2) is 0 Å². The van der Waals surface area contributed by atoms with Crippen LogP contribution in [-0.4, -0.2) is 41.9 Å². The van der Waals surface area contributed by atoms with Crippen LogP contribution >= 0.6 is 11.6 Å². The van der Waals surface area contributed by atoms with E-state index in [0.29, 0.717) is 25.6 Å². The number of nitrogens with zero attached hydrogens (tertiary/aromatic N) is 1. The Morgan fingerprint density at radius 1 is 1.19 bits per heavy atom. The SMILES string of the molecule is CC(=O)NC[C@H]1CC[C@@H](CC(=O)NCc2ccc(F)c(Cl)c2)N1CC1CC1. The normalized spacial score (nSPS) is 22.6. The second kappa shape index (κ2) is 9.02. The summed E-state index contributed by atoms with van der Waals surface area (Å²) < 4.78 is 13.2. The molecule has 5 nitrogen and oxygen atoms in total. The van der Waals surface area contributed by atoms with Gasteiger partial charge in [0.2, 0.25) is 11.8 Å². The molecule has 1 aliphatic heterocycles. The molecule has 2 amide bonds. The van der Waals surface area contributed by atoms with Gasteiger partial charge in [0, 0.05) is 45.1 Å². The summed E-state index contributed by atoms with van der Waals surface area (Å²) in [5.41, 5.74) is 0.777. The van der Waals surface area contributed by atoms with E-state index < -0.39 is 5.82 Å². The molecule has 0 radical (unpaired) electrons. The molecule has 1 saturated carbocycles. The minimum Gasteiger partial charge on any atom is -0.355 e. The number of hydrogen-bond acceptors (Lipinski definition) is 3. The average Bonchev–Trinajstić information content (AvgIpc) is 3.37. The summed E-state index contributed by atoms with van der Waals surface area (Å²) in [5.74, 6) is 0.246. The lowest BCUT2D eigenvalue weighted by atomic mass is 10.1. The van der Waals surface area contributed by atoms with E-state index in [-0.39, 0.29) is 22.9 Å². The zero-order valence-electron chi connectivity index (χ0n) is 15.6. The number of benzene rings is 1. The maximum Gasteiger partial charge on any atom is 0.221 e. The molecule has 2 N–H and O–H groups in total. The summed E-state index contributed by atoms with van der Waals surface area (Å²) in [5, 5.41) is 5.89. The number of nitrogens with one attached hydrogen (secondary N) is 2. The maximum absolute atomic E-state index is 13.2. The van der Waals surface area contributed by atoms with Crippen LogP contribution in [0.25, 0.3) is 0 Å². The molecule has 1 heterocycles. The third-order valence-electron chi connectivity index (χ3n) is 5.42. The number of amides is 2. The van der Waals surface area contributed by atoms with Crippen molar-refractivity contribution in [2.45, 2.75) is 57.7 Å². The zero-order valence-corrected chi connectivity index (χ0v) is 16.4. The molecule has 2 aliphatic rings. The topological polar surface area (TPSA) is 61.4 Å². The Kier molecular flexibility index (Phi) is 6.71. The Morgan fingerprint density at radius 2 is 1.93 bits per heavy atom. The zero-order chi connectivity index (χ0) is 19.4. The molecule has 2 atom stereocenters. The predicted molar refractivity (Wildman–Crippen MR) is 103 cm³/mol. The van der Waals surface area contributed by atoms with Crippen LogP contribution in [-0.2, 0) is 16.1 Å². The molecule has 3 rings (SSSR count). The first-order valence-corrected chi connectivity index (χ1v) is 10.0. The smallest absolute Gasteiger partial charge is 0.221 e. The van der Waals surface area contributed by atoms with Crippen molar-refractivity contribution in [3.05, 3.63) is 34.6 Å². The van der Waals surface area contributed by atoms with Gasteiger partial charge in [-0.1, -0.05) is 17.7 Å². The van der Waals surface area contributed by atoms with Crippen molar-refractivity contribution in [1.29, 1.82) is 0 Å². The number of halogens is 2. The standard InChI is InChI=1S/C20H27ClFN3O2/c1-13(26)23-11-17-6-5-16(25(17)12-14-2-3-14)9-20(27)24-10-15-4-7-19(22)18(21)8-15/h4,7-8,14,16-17H,2-3,5-6,9-12H2,1H3,(H,23,26)(H,24,27)/t16-,17+/m0/s1. The third kappa shape index (κ3) is 5.91. The molecule has 1 aromatic rings. The molecule has 0 unspecified atom stereocenters. The van der Waals surface area contributed by atoms with Crippen LogP contribution in [0.3, 0.4) is 0 Å². The largest absolute Gasteiger partial charge is 0.355 e. The average molecular weight is 396 g/mol. The second-order valence-corrected chi connectivity index (χ2v) is 8.10. The summed E-state index contributed by atoms with van der Waals surface area (Å²) in [7, 11) is 0. The Bertz CT molecular complexity index is 696. The molecule has 1 aliphatic carbocycles. The van der Waals surface area contributed by atoms with Gasteiger partial charge in [-0.05, 0) is 49.3 Å². The van der Waals surface area contributed by atoms with Crippen LogP contribution in [0.2, 0.25) is 5.02 Å². The maximum atomic E-state index is 13.2. The van der Waals surface area contributed by atoms with Gasteiger partial charge in [0.05, 0.1) is 5.02 Å². The number of hydrogen-bond donors (Lipinski definition) is 2. The van der Waals surface area contributed by atoms with Crippen LogP contribution in [0, 0.1) is 11.7 Å². The second-order valence-electron chi connectivity index (χ2n) is 7.69. The number of carbonyl (C=O) groups is 2. The quantitative estimate of drug-likeness (QED) is 0.711. The van der Waals surface area contributed by atoms with Crippen molar-refractivity contribution >= 4 is 23.4 Å². The van der Waals surface area contributed by atoms with Gasteiger partial charge < -0.3 is 10.6 Å². The highest BCUT2D eigenvalue weighted by molar-refractivity contribution is 6.30. The number of rotatable bonds is 8. The lowest BCUT2D eigenvalue weighted by Crippen LogP contribution is -2.45. The summed E-state index contributed by atoms with van der Waals surface area (Å²) in [6, 6.07) is 4.99.